The standard InChI is InChI=1S/C16H15Cl2FO4.C14H12Cl2FNO3.CH4O.H3N/c1-2-22-15(21)16(19)9-6-12(14(20)13(9)16)23-7-8-3-4-10(17)11(18)5-8;15-8-2-1-6(3-9(8)16)5-21-10-4-7-11(12(10)19)14(7,17)13(18)20;1-2;/h3-5,9,12-13H,2,6-7H2,1H3;1-3,7,10-11H,4-5H2,(H2,18,20);2H,1H3;1H3/t9-,12-,13-,16-;7-,10-,11-,14-;;/m11../s1. The number of esters is 1. The minimum atomic E-state index is -2.17. The molecule has 1 amide bonds. The van der Waals surface area contributed by atoms with Crippen LogP contribution < -0.4 is 11.9 Å². The molecule has 6 N–H and O–H groups in total. The molecule has 0 aromatic heterocycles. The molecule has 4 aliphatic rings. The minimum Gasteiger partial charge on any atom is -0.464 e. The Morgan fingerprint density at radius 2 is 1.21 bits per heavy atom. The lowest BCUT2D eigenvalue weighted by Crippen LogP contribution is -2.37. The summed E-state index contributed by atoms with van der Waals surface area (Å²) in [5, 5.41) is 8.67. The number of rotatable bonds is 9. The highest BCUT2D eigenvalue weighted by atomic mass is 35.5. The number of hydrogen-bond donors (Lipinski definition) is 3. The molecule has 0 heterocycles. The van der Waals surface area contributed by atoms with Crippen LogP contribution in [0.4, 0.5) is 8.78 Å². The van der Waals surface area contributed by atoms with Gasteiger partial charge >= 0.3 is 5.97 Å². The maximum atomic E-state index is 14.5. The summed E-state index contributed by atoms with van der Waals surface area (Å²) in [5.74, 6) is -5.89. The molecule has 0 saturated heterocycles. The summed E-state index contributed by atoms with van der Waals surface area (Å²) in [5.41, 5.74) is 2.20. The molecule has 0 spiro atoms. The number of ketones is 2. The van der Waals surface area contributed by atoms with Crippen molar-refractivity contribution in [2.24, 2.45) is 29.4 Å². The molecule has 4 aliphatic carbocycles. The quantitative estimate of drug-likeness (QED) is 0.283. The summed E-state index contributed by atoms with van der Waals surface area (Å²) >= 11 is 23.4. The summed E-state index contributed by atoms with van der Waals surface area (Å²) < 4.78 is 44.3. The monoisotopic (exact) mass is 740 g/mol. The average molecular weight is 742 g/mol. The summed E-state index contributed by atoms with van der Waals surface area (Å²) in [6.07, 6.45) is -1.01. The van der Waals surface area contributed by atoms with Crippen molar-refractivity contribution in [2.75, 3.05) is 13.7 Å². The van der Waals surface area contributed by atoms with E-state index in [1.54, 1.807) is 43.3 Å². The third-order valence-electron chi connectivity index (χ3n) is 8.59. The van der Waals surface area contributed by atoms with Crippen LogP contribution in [-0.4, -0.2) is 65.8 Å². The van der Waals surface area contributed by atoms with Crippen molar-refractivity contribution in [2.45, 2.75) is 56.5 Å². The first kappa shape index (κ1) is 39.0. The lowest BCUT2D eigenvalue weighted by molar-refractivity contribution is -0.155. The Hall–Kier alpha value is -2.42. The number of aliphatic hydroxyl groups excluding tert-OH is 1. The number of benzene rings is 2. The lowest BCUT2D eigenvalue weighted by Gasteiger charge is -2.17. The second-order valence-electron chi connectivity index (χ2n) is 11.2. The van der Waals surface area contributed by atoms with Crippen molar-refractivity contribution < 1.29 is 47.3 Å². The topological polar surface area (TPSA) is 177 Å². The van der Waals surface area contributed by atoms with Crippen molar-refractivity contribution in [3.05, 3.63) is 67.6 Å². The minimum absolute atomic E-state index is 0. The molecular weight excluding hydrogens is 708 g/mol. The fraction of sp³-hybridized carbons (Fsp3) is 0.484. The fourth-order valence-electron chi connectivity index (χ4n) is 6.18. The zero-order chi connectivity index (χ0) is 34.1. The number of amides is 1. The second-order valence-corrected chi connectivity index (χ2v) is 12.8. The Bertz CT molecular complexity index is 1540. The van der Waals surface area contributed by atoms with Crippen LogP contribution in [0.3, 0.4) is 0 Å². The van der Waals surface area contributed by atoms with Gasteiger partial charge in [0, 0.05) is 18.9 Å². The van der Waals surface area contributed by atoms with Crippen LogP contribution in [-0.2, 0) is 46.6 Å². The van der Waals surface area contributed by atoms with E-state index in [1.165, 1.54) is 0 Å². The molecule has 0 aliphatic heterocycles. The normalized spacial score (nSPS) is 30.8. The Labute approximate surface area is 289 Å². The Morgan fingerprint density at radius 1 is 0.809 bits per heavy atom. The molecule has 0 radical (unpaired) electrons. The molecule has 0 unspecified atom stereocenters. The van der Waals surface area contributed by atoms with Crippen molar-refractivity contribution in [1.82, 2.24) is 6.15 Å². The van der Waals surface area contributed by atoms with Crippen LogP contribution >= 0.6 is 46.4 Å². The van der Waals surface area contributed by atoms with E-state index in [2.05, 4.69) is 0 Å². The molecular formula is C31H34Cl4F2N2O8. The van der Waals surface area contributed by atoms with Crippen LogP contribution in [0.1, 0.15) is 30.9 Å². The number of nitrogens with two attached hydrogens (primary N) is 1. The third-order valence-corrected chi connectivity index (χ3v) is 10.1. The number of carbonyl (C=O) groups is 4. The van der Waals surface area contributed by atoms with E-state index < -0.39 is 59.1 Å². The number of alkyl halides is 2. The molecule has 258 valence electrons. The molecule has 47 heavy (non-hydrogen) atoms. The van der Waals surface area contributed by atoms with Gasteiger partial charge in [0.1, 0.15) is 12.2 Å². The zero-order valence-corrected chi connectivity index (χ0v) is 28.3. The van der Waals surface area contributed by atoms with Gasteiger partial charge in [-0.2, -0.15) is 0 Å². The largest absolute Gasteiger partial charge is 0.464 e. The maximum absolute atomic E-state index is 14.5. The molecule has 2 aromatic rings. The van der Waals surface area contributed by atoms with E-state index in [1.807, 2.05) is 0 Å². The van der Waals surface area contributed by atoms with Gasteiger partial charge in [0.15, 0.2) is 11.6 Å². The number of aliphatic hydroxyl groups is 1. The van der Waals surface area contributed by atoms with E-state index in [0.29, 0.717) is 20.1 Å². The number of carbonyl (C=O) groups excluding carboxylic acids is 4. The highest BCUT2D eigenvalue weighted by molar-refractivity contribution is 6.42. The van der Waals surface area contributed by atoms with Gasteiger partial charge in [-0.1, -0.05) is 58.5 Å². The van der Waals surface area contributed by atoms with Gasteiger partial charge in [-0.25, -0.2) is 13.6 Å². The first-order valence-electron chi connectivity index (χ1n) is 14.2. The highest BCUT2D eigenvalue weighted by Gasteiger charge is 2.80. The fourth-order valence-corrected chi connectivity index (χ4v) is 6.82. The average Bonchev–Trinajstić information content (AvgIpc) is 3.69. The van der Waals surface area contributed by atoms with Gasteiger partial charge in [-0.15, -0.1) is 0 Å². The van der Waals surface area contributed by atoms with Crippen molar-refractivity contribution in [1.29, 1.82) is 0 Å². The van der Waals surface area contributed by atoms with Crippen LogP contribution in [0, 0.1) is 23.7 Å². The van der Waals surface area contributed by atoms with Gasteiger partial charge < -0.3 is 31.2 Å². The summed E-state index contributed by atoms with van der Waals surface area (Å²) in [6, 6.07) is 10.1. The zero-order valence-electron chi connectivity index (χ0n) is 25.3. The van der Waals surface area contributed by atoms with E-state index in [4.69, 9.17) is 71.5 Å². The lowest BCUT2D eigenvalue weighted by atomic mass is 10.1. The van der Waals surface area contributed by atoms with Crippen molar-refractivity contribution in [3.63, 3.8) is 0 Å². The third kappa shape index (κ3) is 7.45. The van der Waals surface area contributed by atoms with E-state index in [-0.39, 0.29) is 50.4 Å². The van der Waals surface area contributed by atoms with Crippen LogP contribution in [0.15, 0.2) is 36.4 Å². The van der Waals surface area contributed by atoms with E-state index >= 15 is 0 Å². The molecule has 2 aromatic carbocycles. The van der Waals surface area contributed by atoms with Crippen molar-refractivity contribution >= 4 is 69.8 Å². The van der Waals surface area contributed by atoms with E-state index in [9.17, 15) is 28.0 Å². The first-order chi connectivity index (χ1) is 21.7. The van der Waals surface area contributed by atoms with Crippen LogP contribution in [0.2, 0.25) is 20.1 Å². The van der Waals surface area contributed by atoms with Gasteiger partial charge in [-0.3, -0.25) is 14.4 Å². The molecule has 10 nitrogen and oxygen atoms in total. The molecule has 16 heteroatoms. The molecule has 4 saturated carbocycles. The molecule has 4 fully saturated rings. The number of halogens is 6. The Balaban J connectivity index is 0.000000239. The number of fused-ring (bicyclic) bond motifs is 2. The maximum Gasteiger partial charge on any atom is 0.344 e. The van der Waals surface area contributed by atoms with Gasteiger partial charge in [0.05, 0.1) is 51.7 Å². The van der Waals surface area contributed by atoms with Crippen molar-refractivity contribution in [3.8, 4) is 0 Å². The Kier molecular flexibility index (Phi) is 12.8. The predicted octanol–water partition coefficient (Wildman–Crippen LogP) is 5.43. The van der Waals surface area contributed by atoms with Gasteiger partial charge in [-0.05, 0) is 55.2 Å². The smallest absolute Gasteiger partial charge is 0.344 e. The predicted molar refractivity (Wildman–Crippen MR) is 170 cm³/mol. The van der Waals surface area contributed by atoms with Gasteiger partial charge in [0.25, 0.3) is 5.91 Å². The molecule has 8 atom stereocenters. The number of hydrogen-bond acceptors (Lipinski definition) is 9. The molecule has 0 bridgehead atoms. The molecule has 6 rings (SSSR count). The number of ether oxygens (including phenoxy) is 3. The second kappa shape index (κ2) is 15.4. The summed E-state index contributed by atoms with van der Waals surface area (Å²) in [4.78, 5) is 46.8. The first-order valence-corrected chi connectivity index (χ1v) is 15.7. The van der Waals surface area contributed by atoms with Crippen LogP contribution in [0.5, 0.6) is 0 Å². The Morgan fingerprint density at radius 3 is 1.53 bits per heavy atom. The van der Waals surface area contributed by atoms with Crippen LogP contribution in [0.25, 0.3) is 0 Å². The highest BCUT2D eigenvalue weighted by Crippen LogP contribution is 2.63. The summed E-state index contributed by atoms with van der Waals surface area (Å²) in [6.45, 7) is 2.04. The number of Topliss-reactive ketones (excluding diaryl/α,β-unsaturated/α-hetero) is 2. The number of primary amides is 1. The SMILES string of the molecule is CCOC(=O)[C@@]1(F)[C@@H]2C[C@@H](OCc3ccc(Cl)c(Cl)c3)C(=O)[C@@H]21.CO.N.NC(=O)[C@@]1(F)[C@@H]2C[C@@H](OCc3ccc(Cl)c(Cl)c3)C(=O)[C@@H]21. The van der Waals surface area contributed by atoms with Gasteiger partial charge in [0.2, 0.25) is 11.3 Å². The van der Waals surface area contributed by atoms with E-state index in [0.717, 1.165) is 18.2 Å². The summed E-state index contributed by atoms with van der Waals surface area (Å²) in [7, 11) is 1.00.